The molecular weight excluding hydrogens is 344 g/mol. The lowest BCUT2D eigenvalue weighted by Crippen LogP contribution is -2.34. The maximum absolute atomic E-state index is 12.3. The Kier molecular flexibility index (Phi) is 5.73. The third kappa shape index (κ3) is 4.04. The zero-order valence-electron chi connectivity index (χ0n) is 11.7. The summed E-state index contributed by atoms with van der Waals surface area (Å²) >= 11 is 3.26. The SMILES string of the molecule is CCC(CC)NC(=O)c1cc(S(N)(=O)=O)cc(Br)c1C. The van der Waals surface area contributed by atoms with Gasteiger partial charge >= 0.3 is 0 Å². The summed E-state index contributed by atoms with van der Waals surface area (Å²) in [5, 5.41) is 8.00. The van der Waals surface area contributed by atoms with E-state index in [0.29, 0.717) is 15.6 Å². The Bertz CT molecular complexity index is 610. The van der Waals surface area contributed by atoms with Crippen LogP contribution in [-0.4, -0.2) is 20.4 Å². The van der Waals surface area contributed by atoms with E-state index in [2.05, 4.69) is 21.2 Å². The van der Waals surface area contributed by atoms with Crippen molar-refractivity contribution >= 4 is 31.9 Å². The summed E-state index contributed by atoms with van der Waals surface area (Å²) < 4.78 is 23.4. The van der Waals surface area contributed by atoms with Gasteiger partial charge in [0.2, 0.25) is 10.0 Å². The monoisotopic (exact) mass is 362 g/mol. The minimum absolute atomic E-state index is 0.0683. The van der Waals surface area contributed by atoms with Crippen LogP contribution in [0, 0.1) is 6.92 Å². The lowest BCUT2D eigenvalue weighted by atomic mass is 10.1. The van der Waals surface area contributed by atoms with E-state index in [1.165, 1.54) is 12.1 Å². The Morgan fingerprint density at radius 3 is 2.35 bits per heavy atom. The number of nitrogens with one attached hydrogen (secondary N) is 1. The van der Waals surface area contributed by atoms with Crippen LogP contribution in [0.5, 0.6) is 0 Å². The minimum Gasteiger partial charge on any atom is -0.349 e. The molecule has 0 aliphatic rings. The number of halogens is 1. The summed E-state index contributed by atoms with van der Waals surface area (Å²) in [4.78, 5) is 12.2. The fourth-order valence-corrected chi connectivity index (χ4v) is 2.99. The highest BCUT2D eigenvalue weighted by Crippen LogP contribution is 2.24. The van der Waals surface area contributed by atoms with E-state index in [-0.39, 0.29) is 16.8 Å². The molecule has 20 heavy (non-hydrogen) atoms. The highest BCUT2D eigenvalue weighted by atomic mass is 79.9. The van der Waals surface area contributed by atoms with Crippen LogP contribution in [0.1, 0.15) is 42.6 Å². The fraction of sp³-hybridized carbons (Fsp3) is 0.462. The molecule has 0 atom stereocenters. The third-order valence-electron chi connectivity index (χ3n) is 3.21. The average molecular weight is 363 g/mol. The number of carbonyl (C=O) groups is 1. The van der Waals surface area contributed by atoms with Crippen molar-refractivity contribution in [2.45, 2.75) is 44.6 Å². The van der Waals surface area contributed by atoms with Crippen molar-refractivity contribution in [3.8, 4) is 0 Å². The Morgan fingerprint density at radius 2 is 1.90 bits per heavy atom. The zero-order valence-corrected chi connectivity index (χ0v) is 14.1. The summed E-state index contributed by atoms with van der Waals surface area (Å²) in [6, 6.07) is 2.78. The molecule has 1 aromatic carbocycles. The van der Waals surface area contributed by atoms with Crippen molar-refractivity contribution in [1.82, 2.24) is 5.32 Å². The molecule has 0 heterocycles. The first-order chi connectivity index (χ1) is 9.20. The van der Waals surface area contributed by atoms with E-state index < -0.39 is 10.0 Å². The quantitative estimate of drug-likeness (QED) is 0.841. The van der Waals surface area contributed by atoms with Crippen LogP contribution in [0.25, 0.3) is 0 Å². The molecule has 0 bridgehead atoms. The van der Waals surface area contributed by atoms with E-state index in [0.717, 1.165) is 12.8 Å². The van der Waals surface area contributed by atoms with Crippen molar-refractivity contribution in [2.75, 3.05) is 0 Å². The van der Waals surface area contributed by atoms with E-state index in [9.17, 15) is 13.2 Å². The lowest BCUT2D eigenvalue weighted by Gasteiger charge is -2.16. The first kappa shape index (κ1) is 17.1. The van der Waals surface area contributed by atoms with Gasteiger partial charge in [0.25, 0.3) is 5.91 Å². The summed E-state index contributed by atoms with van der Waals surface area (Å²) in [6.45, 7) is 5.72. The Morgan fingerprint density at radius 1 is 1.35 bits per heavy atom. The molecule has 3 N–H and O–H groups in total. The molecule has 1 aromatic rings. The van der Waals surface area contributed by atoms with Crippen molar-refractivity contribution in [3.63, 3.8) is 0 Å². The molecule has 0 radical (unpaired) electrons. The summed E-state index contributed by atoms with van der Waals surface area (Å²) in [6.07, 6.45) is 1.63. The van der Waals surface area contributed by atoms with Gasteiger partial charge in [0.1, 0.15) is 0 Å². The fourth-order valence-electron chi connectivity index (χ4n) is 1.81. The number of benzene rings is 1. The molecule has 0 unspecified atom stereocenters. The number of primary sulfonamides is 1. The molecule has 0 aromatic heterocycles. The zero-order chi connectivity index (χ0) is 15.5. The van der Waals surface area contributed by atoms with Gasteiger partial charge in [-0.05, 0) is 37.5 Å². The van der Waals surface area contributed by atoms with Gasteiger partial charge in [-0.3, -0.25) is 4.79 Å². The van der Waals surface area contributed by atoms with Gasteiger partial charge < -0.3 is 5.32 Å². The maximum atomic E-state index is 12.3. The van der Waals surface area contributed by atoms with Gasteiger partial charge in [0.15, 0.2) is 0 Å². The Labute approximate surface area is 128 Å². The molecule has 5 nitrogen and oxygen atoms in total. The van der Waals surface area contributed by atoms with Gasteiger partial charge in [-0.25, -0.2) is 13.6 Å². The van der Waals surface area contributed by atoms with Crippen molar-refractivity contribution in [2.24, 2.45) is 5.14 Å². The van der Waals surface area contributed by atoms with Crippen LogP contribution >= 0.6 is 15.9 Å². The number of carbonyl (C=O) groups excluding carboxylic acids is 1. The molecule has 1 rings (SSSR count). The number of sulfonamides is 1. The number of amides is 1. The molecule has 0 aliphatic heterocycles. The summed E-state index contributed by atoms with van der Waals surface area (Å²) in [7, 11) is -3.85. The number of nitrogens with two attached hydrogens (primary N) is 1. The molecule has 0 fully saturated rings. The van der Waals surface area contributed by atoms with Crippen molar-refractivity contribution < 1.29 is 13.2 Å². The topological polar surface area (TPSA) is 89.3 Å². The second-order valence-electron chi connectivity index (χ2n) is 4.61. The van der Waals surface area contributed by atoms with E-state index in [4.69, 9.17) is 5.14 Å². The Hall–Kier alpha value is -0.920. The third-order valence-corrected chi connectivity index (χ3v) is 4.93. The standard InChI is InChI=1S/C13H19BrN2O3S/c1-4-9(5-2)16-13(17)11-6-10(20(15,18)19)7-12(14)8(11)3/h6-7,9H,4-5H2,1-3H3,(H,16,17)(H2,15,18,19). The molecule has 1 amide bonds. The number of rotatable bonds is 5. The molecule has 0 saturated carbocycles. The molecular formula is C13H19BrN2O3S. The van der Waals surface area contributed by atoms with E-state index in [1.807, 2.05) is 13.8 Å². The van der Waals surface area contributed by atoms with Crippen LogP contribution in [0.4, 0.5) is 0 Å². The first-order valence-electron chi connectivity index (χ1n) is 6.34. The van der Waals surface area contributed by atoms with Crippen molar-refractivity contribution in [3.05, 3.63) is 27.7 Å². The van der Waals surface area contributed by atoms with Gasteiger partial charge in [-0.15, -0.1) is 0 Å². The highest BCUT2D eigenvalue weighted by molar-refractivity contribution is 9.10. The highest BCUT2D eigenvalue weighted by Gasteiger charge is 2.19. The van der Waals surface area contributed by atoms with Gasteiger partial charge in [-0.2, -0.15) is 0 Å². The van der Waals surface area contributed by atoms with Crippen LogP contribution in [0.3, 0.4) is 0 Å². The van der Waals surface area contributed by atoms with E-state index >= 15 is 0 Å². The summed E-state index contributed by atoms with van der Waals surface area (Å²) in [5.41, 5.74) is 0.996. The first-order valence-corrected chi connectivity index (χ1v) is 8.68. The van der Waals surface area contributed by atoms with Crippen LogP contribution in [-0.2, 0) is 10.0 Å². The van der Waals surface area contributed by atoms with Gasteiger partial charge in [0, 0.05) is 16.1 Å². The van der Waals surface area contributed by atoms with Crippen LogP contribution in [0.15, 0.2) is 21.5 Å². The lowest BCUT2D eigenvalue weighted by molar-refractivity contribution is 0.0934. The molecule has 0 aliphatic carbocycles. The Balaban J connectivity index is 3.24. The second kappa shape index (κ2) is 6.69. The maximum Gasteiger partial charge on any atom is 0.251 e. The van der Waals surface area contributed by atoms with Gasteiger partial charge in [-0.1, -0.05) is 29.8 Å². The molecule has 0 spiro atoms. The molecule has 112 valence electrons. The predicted molar refractivity (Wildman–Crippen MR) is 82.1 cm³/mol. The predicted octanol–water partition coefficient (Wildman–Crippen LogP) is 2.32. The normalized spacial score (nSPS) is 11.7. The summed E-state index contributed by atoms with van der Waals surface area (Å²) in [5.74, 6) is -0.289. The minimum atomic E-state index is -3.85. The number of hydrogen-bond acceptors (Lipinski definition) is 3. The van der Waals surface area contributed by atoms with Gasteiger partial charge in [0.05, 0.1) is 4.90 Å². The van der Waals surface area contributed by atoms with Crippen molar-refractivity contribution in [1.29, 1.82) is 0 Å². The molecule has 7 heteroatoms. The largest absolute Gasteiger partial charge is 0.349 e. The average Bonchev–Trinajstić information content (AvgIpc) is 2.37. The van der Waals surface area contributed by atoms with Crippen LogP contribution in [0.2, 0.25) is 0 Å². The van der Waals surface area contributed by atoms with E-state index in [1.54, 1.807) is 6.92 Å². The second-order valence-corrected chi connectivity index (χ2v) is 7.03. The van der Waals surface area contributed by atoms with Crippen LogP contribution < -0.4 is 10.5 Å². The number of hydrogen-bond donors (Lipinski definition) is 2. The smallest absolute Gasteiger partial charge is 0.251 e. The molecule has 0 saturated heterocycles.